The SMILES string of the molecule is CN(C)CCN(CC(=O)O)C(=O)c1cn(C)nn1. The van der Waals surface area contributed by atoms with Crippen LogP contribution in [0.1, 0.15) is 10.5 Å². The average Bonchev–Trinajstić information content (AvgIpc) is 2.69. The lowest BCUT2D eigenvalue weighted by Gasteiger charge is -2.21. The van der Waals surface area contributed by atoms with Crippen molar-refractivity contribution >= 4 is 11.9 Å². The molecule has 0 atom stereocenters. The van der Waals surface area contributed by atoms with Crippen LogP contribution < -0.4 is 0 Å². The summed E-state index contributed by atoms with van der Waals surface area (Å²) in [5.41, 5.74) is 0.150. The van der Waals surface area contributed by atoms with E-state index < -0.39 is 11.9 Å². The molecule has 1 heterocycles. The van der Waals surface area contributed by atoms with Crippen LogP contribution in [-0.4, -0.2) is 75.5 Å². The van der Waals surface area contributed by atoms with Crippen LogP contribution in [0.4, 0.5) is 0 Å². The summed E-state index contributed by atoms with van der Waals surface area (Å²) in [4.78, 5) is 25.9. The summed E-state index contributed by atoms with van der Waals surface area (Å²) < 4.78 is 1.40. The number of carboxylic acid groups (broad SMARTS) is 1. The number of aliphatic carboxylic acids is 1. The van der Waals surface area contributed by atoms with E-state index in [1.165, 1.54) is 15.8 Å². The van der Waals surface area contributed by atoms with Crippen LogP contribution in [0.2, 0.25) is 0 Å². The lowest BCUT2D eigenvalue weighted by molar-refractivity contribution is -0.137. The highest BCUT2D eigenvalue weighted by Gasteiger charge is 2.20. The number of likely N-dealkylation sites (N-methyl/N-ethyl adjacent to an activating group) is 1. The van der Waals surface area contributed by atoms with Gasteiger partial charge in [0.1, 0.15) is 6.54 Å². The fraction of sp³-hybridized carbons (Fsp3) is 0.600. The number of nitrogens with zero attached hydrogens (tertiary/aromatic N) is 5. The van der Waals surface area contributed by atoms with Crippen LogP contribution in [-0.2, 0) is 11.8 Å². The van der Waals surface area contributed by atoms with E-state index in [0.717, 1.165) is 0 Å². The predicted molar refractivity (Wildman–Crippen MR) is 63.1 cm³/mol. The Labute approximate surface area is 105 Å². The zero-order valence-corrected chi connectivity index (χ0v) is 10.7. The maximum absolute atomic E-state index is 12.0. The molecule has 1 aromatic heterocycles. The van der Waals surface area contributed by atoms with Crippen molar-refractivity contribution in [1.82, 2.24) is 24.8 Å². The maximum Gasteiger partial charge on any atom is 0.323 e. The van der Waals surface area contributed by atoms with Crippen LogP contribution in [0.3, 0.4) is 0 Å². The molecule has 1 N–H and O–H groups in total. The lowest BCUT2D eigenvalue weighted by atomic mass is 10.3. The first-order valence-electron chi connectivity index (χ1n) is 5.42. The second-order valence-electron chi connectivity index (χ2n) is 4.20. The minimum Gasteiger partial charge on any atom is -0.480 e. The standard InChI is InChI=1S/C10H17N5O3/c1-13(2)4-5-15(7-9(16)17)10(18)8-6-14(3)12-11-8/h6H,4-5,7H2,1-3H3,(H,16,17). The predicted octanol–water partition coefficient (Wildman–Crippen LogP) is -1.10. The van der Waals surface area contributed by atoms with Crippen molar-refractivity contribution in [2.45, 2.75) is 0 Å². The Morgan fingerprint density at radius 3 is 2.50 bits per heavy atom. The molecule has 0 spiro atoms. The first-order valence-corrected chi connectivity index (χ1v) is 5.42. The number of carboxylic acids is 1. The molecular formula is C10H17N5O3. The minimum absolute atomic E-state index is 0.150. The fourth-order valence-corrected chi connectivity index (χ4v) is 1.34. The quantitative estimate of drug-likeness (QED) is 0.694. The van der Waals surface area contributed by atoms with E-state index in [4.69, 9.17) is 5.11 Å². The van der Waals surface area contributed by atoms with Crippen LogP contribution in [0.15, 0.2) is 6.20 Å². The third-order valence-electron chi connectivity index (χ3n) is 2.25. The van der Waals surface area contributed by atoms with E-state index in [-0.39, 0.29) is 12.2 Å². The van der Waals surface area contributed by atoms with E-state index in [2.05, 4.69) is 10.3 Å². The Kier molecular flexibility index (Phi) is 4.78. The number of carbonyl (C=O) groups excluding carboxylic acids is 1. The summed E-state index contributed by atoms with van der Waals surface area (Å²) in [6, 6.07) is 0. The van der Waals surface area contributed by atoms with E-state index >= 15 is 0 Å². The van der Waals surface area contributed by atoms with Crippen molar-refractivity contribution in [3.63, 3.8) is 0 Å². The molecule has 8 nitrogen and oxygen atoms in total. The van der Waals surface area contributed by atoms with Crippen LogP contribution in [0.5, 0.6) is 0 Å². The van der Waals surface area contributed by atoms with Crippen molar-refractivity contribution < 1.29 is 14.7 Å². The highest BCUT2D eigenvalue weighted by atomic mass is 16.4. The molecule has 1 rings (SSSR count). The molecule has 0 aliphatic heterocycles. The Bertz CT molecular complexity index is 429. The van der Waals surface area contributed by atoms with Gasteiger partial charge in [-0.2, -0.15) is 0 Å². The molecule has 0 fully saturated rings. The molecule has 0 saturated heterocycles. The third kappa shape index (κ3) is 4.13. The summed E-state index contributed by atoms with van der Waals surface area (Å²) in [7, 11) is 5.35. The van der Waals surface area contributed by atoms with Crippen molar-refractivity contribution in [3.05, 3.63) is 11.9 Å². The van der Waals surface area contributed by atoms with E-state index in [1.807, 2.05) is 19.0 Å². The van der Waals surface area contributed by atoms with Crippen LogP contribution in [0.25, 0.3) is 0 Å². The number of amides is 1. The van der Waals surface area contributed by atoms with Gasteiger partial charge in [0.25, 0.3) is 5.91 Å². The number of hydrogen-bond donors (Lipinski definition) is 1. The molecule has 8 heteroatoms. The van der Waals surface area contributed by atoms with E-state index in [0.29, 0.717) is 13.1 Å². The van der Waals surface area contributed by atoms with Crippen molar-refractivity contribution in [3.8, 4) is 0 Å². The van der Waals surface area contributed by atoms with Gasteiger partial charge in [-0.1, -0.05) is 5.21 Å². The minimum atomic E-state index is -1.05. The van der Waals surface area contributed by atoms with E-state index in [1.54, 1.807) is 7.05 Å². The first-order chi connectivity index (χ1) is 8.40. The largest absolute Gasteiger partial charge is 0.480 e. The maximum atomic E-state index is 12.0. The van der Waals surface area contributed by atoms with E-state index in [9.17, 15) is 9.59 Å². The van der Waals surface area contributed by atoms with Crippen molar-refractivity contribution in [2.75, 3.05) is 33.7 Å². The van der Waals surface area contributed by atoms with Gasteiger partial charge in [-0.05, 0) is 14.1 Å². The molecule has 0 aliphatic rings. The van der Waals surface area contributed by atoms with Crippen LogP contribution >= 0.6 is 0 Å². The molecule has 0 aromatic carbocycles. The van der Waals surface area contributed by atoms with Crippen molar-refractivity contribution in [2.24, 2.45) is 7.05 Å². The van der Waals surface area contributed by atoms with Gasteiger partial charge in [0.15, 0.2) is 5.69 Å². The molecule has 0 aliphatic carbocycles. The van der Waals surface area contributed by atoms with Gasteiger partial charge in [-0.15, -0.1) is 5.10 Å². The zero-order valence-electron chi connectivity index (χ0n) is 10.7. The zero-order chi connectivity index (χ0) is 13.7. The smallest absolute Gasteiger partial charge is 0.323 e. The summed E-state index contributed by atoms with van der Waals surface area (Å²) in [6.07, 6.45) is 1.47. The summed E-state index contributed by atoms with van der Waals surface area (Å²) >= 11 is 0. The Hall–Kier alpha value is -1.96. The average molecular weight is 255 g/mol. The van der Waals surface area contributed by atoms with Gasteiger partial charge in [-0.25, -0.2) is 0 Å². The van der Waals surface area contributed by atoms with Gasteiger partial charge in [0.05, 0.1) is 6.20 Å². The molecule has 0 saturated carbocycles. The second kappa shape index (κ2) is 6.10. The normalized spacial score (nSPS) is 10.7. The molecular weight excluding hydrogens is 238 g/mol. The molecule has 0 radical (unpaired) electrons. The van der Waals surface area contributed by atoms with Gasteiger partial charge >= 0.3 is 5.97 Å². The highest BCUT2D eigenvalue weighted by molar-refractivity contribution is 5.93. The number of carbonyl (C=O) groups is 2. The van der Waals surface area contributed by atoms with Crippen LogP contribution in [0, 0.1) is 0 Å². The monoisotopic (exact) mass is 255 g/mol. The number of rotatable bonds is 6. The molecule has 0 unspecified atom stereocenters. The highest BCUT2D eigenvalue weighted by Crippen LogP contribution is 2.00. The summed E-state index contributed by atoms with van der Waals surface area (Å²) in [5.74, 6) is -1.47. The first kappa shape index (κ1) is 14.1. The topological polar surface area (TPSA) is 91.6 Å². The van der Waals surface area contributed by atoms with Gasteiger partial charge < -0.3 is 14.9 Å². The Balaban J connectivity index is 2.75. The second-order valence-corrected chi connectivity index (χ2v) is 4.20. The number of hydrogen-bond acceptors (Lipinski definition) is 5. The van der Waals surface area contributed by atoms with Crippen molar-refractivity contribution in [1.29, 1.82) is 0 Å². The lowest BCUT2D eigenvalue weighted by Crippen LogP contribution is -2.40. The van der Waals surface area contributed by atoms with Gasteiger partial charge in [-0.3, -0.25) is 14.3 Å². The Morgan fingerprint density at radius 2 is 2.06 bits per heavy atom. The summed E-state index contributed by atoms with van der Waals surface area (Å²) in [6.45, 7) is 0.567. The number of aromatic nitrogens is 3. The van der Waals surface area contributed by atoms with Gasteiger partial charge in [0, 0.05) is 20.1 Å². The Morgan fingerprint density at radius 1 is 1.39 bits per heavy atom. The van der Waals surface area contributed by atoms with Gasteiger partial charge in [0.2, 0.25) is 0 Å². The third-order valence-corrected chi connectivity index (χ3v) is 2.25. The molecule has 18 heavy (non-hydrogen) atoms. The molecule has 100 valence electrons. The molecule has 0 bridgehead atoms. The molecule has 1 amide bonds. The number of aryl methyl sites for hydroxylation is 1. The fourth-order valence-electron chi connectivity index (χ4n) is 1.34. The summed E-state index contributed by atoms with van der Waals surface area (Å²) in [5, 5.41) is 16.1. The molecule has 1 aromatic rings.